The number of nitriles is 2. The summed E-state index contributed by atoms with van der Waals surface area (Å²) in [7, 11) is 0. The van der Waals surface area contributed by atoms with Crippen molar-refractivity contribution in [3.05, 3.63) is 153 Å². The molecule has 4 aromatic rings. The summed E-state index contributed by atoms with van der Waals surface area (Å²) in [5.41, 5.74) is 6.40. The molecule has 0 amide bonds. The van der Waals surface area contributed by atoms with Gasteiger partial charge in [-0.3, -0.25) is 0 Å². The summed E-state index contributed by atoms with van der Waals surface area (Å²) in [6.45, 7) is 25.5. The van der Waals surface area contributed by atoms with Crippen molar-refractivity contribution in [3.63, 3.8) is 0 Å². The number of hydrogen-bond acceptors (Lipinski definition) is 4. The maximum absolute atomic E-state index is 9.47. The largest absolute Gasteiger partial charge is 0.508 e. The second-order valence-corrected chi connectivity index (χ2v) is 9.84. The second-order valence-electron chi connectivity index (χ2n) is 9.84. The molecule has 1 N–H and O–H groups in total. The summed E-state index contributed by atoms with van der Waals surface area (Å²) < 4.78 is 5.40. The Morgan fingerprint density at radius 2 is 0.936 bits per heavy atom. The van der Waals surface area contributed by atoms with E-state index >= 15 is 0 Å². The predicted molar refractivity (Wildman–Crippen MR) is 196 cm³/mol. The molecule has 0 unspecified atom stereocenters. The number of benzene rings is 4. The molecule has 0 aromatic heterocycles. The van der Waals surface area contributed by atoms with Crippen LogP contribution in [0, 0.1) is 49.7 Å². The van der Waals surface area contributed by atoms with Gasteiger partial charge < -0.3 is 9.84 Å². The van der Waals surface area contributed by atoms with Crippen molar-refractivity contribution in [3.8, 4) is 23.6 Å². The molecule has 0 saturated carbocycles. The molecule has 0 aliphatic carbocycles. The van der Waals surface area contributed by atoms with Crippen molar-refractivity contribution in [1.82, 2.24) is 0 Å². The maximum Gasteiger partial charge on any atom is 0.212 e. The third-order valence-corrected chi connectivity index (χ3v) is 6.18. The van der Waals surface area contributed by atoms with Gasteiger partial charge in [-0.05, 0) is 67.3 Å². The average molecular weight is 625 g/mol. The molecule has 47 heavy (non-hydrogen) atoms. The molecule has 0 saturated heterocycles. The number of nitrogens with zero attached hydrogens (tertiary/aromatic N) is 4. The fourth-order valence-corrected chi connectivity index (χ4v) is 3.97. The summed E-state index contributed by atoms with van der Waals surface area (Å²) in [4.78, 5) is 7.05. The maximum atomic E-state index is 9.47. The summed E-state index contributed by atoms with van der Waals surface area (Å²) in [5, 5.41) is 28.1. The van der Waals surface area contributed by atoms with E-state index in [1.165, 1.54) is 18.6 Å². The molecule has 4 rings (SSSR count). The van der Waals surface area contributed by atoms with Crippen LogP contribution in [0.15, 0.2) is 97.1 Å². The first-order chi connectivity index (χ1) is 21.8. The summed E-state index contributed by atoms with van der Waals surface area (Å²) >= 11 is 0. The zero-order valence-electron chi connectivity index (χ0n) is 26.3. The van der Waals surface area contributed by atoms with Crippen LogP contribution in [-0.2, 0) is 0 Å². The van der Waals surface area contributed by atoms with E-state index in [1.54, 1.807) is 12.1 Å². The topological polar surface area (TPSA) is 85.8 Å². The van der Waals surface area contributed by atoms with Crippen LogP contribution in [0.5, 0.6) is 11.5 Å². The Labute approximate surface area is 281 Å². The number of allylic oxidation sites excluding steroid dienone is 2. The molecule has 0 atom stereocenters. The fourth-order valence-electron chi connectivity index (χ4n) is 3.97. The van der Waals surface area contributed by atoms with Crippen molar-refractivity contribution in [2.24, 2.45) is 0 Å². The molecule has 0 aliphatic heterocycles. The van der Waals surface area contributed by atoms with Gasteiger partial charge in [0.05, 0.1) is 43.0 Å². The van der Waals surface area contributed by atoms with Crippen LogP contribution < -0.4 is 4.74 Å². The lowest BCUT2D eigenvalue weighted by molar-refractivity contribution is 0.340. The van der Waals surface area contributed by atoms with Crippen LogP contribution in [0.1, 0.15) is 75.4 Å². The minimum atomic E-state index is 0. The molecule has 240 valence electrons. The molecular weight excluding hydrogens is 580 g/mol. The molecule has 0 radical (unpaired) electrons. The second kappa shape index (κ2) is 21.6. The minimum absolute atomic E-state index is 0. The summed E-state index contributed by atoms with van der Waals surface area (Å²) in [5.74, 6) is 0.886. The Kier molecular flexibility index (Phi) is 18.8. The van der Waals surface area contributed by atoms with E-state index in [0.29, 0.717) is 29.0 Å². The summed E-state index contributed by atoms with van der Waals surface area (Å²) in [6.07, 6.45) is 1.25. The van der Waals surface area contributed by atoms with Gasteiger partial charge in [-0.25, -0.2) is 9.69 Å². The van der Waals surface area contributed by atoms with Crippen LogP contribution in [-0.4, -0.2) is 11.7 Å². The molecule has 0 bridgehead atoms. The van der Waals surface area contributed by atoms with E-state index in [0.717, 1.165) is 33.6 Å². The number of aromatic hydroxyl groups is 1. The van der Waals surface area contributed by atoms with Crippen LogP contribution in [0.3, 0.4) is 0 Å². The lowest BCUT2D eigenvalue weighted by atomic mass is 10.00. The van der Waals surface area contributed by atoms with E-state index in [9.17, 15) is 15.6 Å². The average Bonchev–Trinajstić information content (AvgIpc) is 3.05. The first-order valence-corrected chi connectivity index (χ1v) is 14.5. The first kappa shape index (κ1) is 40.9. The minimum Gasteiger partial charge on any atom is -0.508 e. The van der Waals surface area contributed by atoms with Crippen LogP contribution >= 0.6 is 0 Å². The molecule has 0 aliphatic rings. The third-order valence-electron chi connectivity index (χ3n) is 6.18. The van der Waals surface area contributed by atoms with Gasteiger partial charge in [-0.15, -0.1) is 0 Å². The Bertz CT molecular complexity index is 1710. The highest BCUT2D eigenvalue weighted by molar-refractivity contribution is 6.00. The van der Waals surface area contributed by atoms with Crippen LogP contribution in [0.25, 0.3) is 32.2 Å². The lowest BCUT2D eigenvalue weighted by Crippen LogP contribution is -1.92. The first-order valence-electron chi connectivity index (χ1n) is 14.5. The Hall–Kier alpha value is -6.08. The van der Waals surface area contributed by atoms with Gasteiger partial charge >= 0.3 is 0 Å². The highest BCUT2D eigenvalue weighted by atomic mass is 16.5. The predicted octanol–water partition coefficient (Wildman–Crippen LogP) is 11.4. The number of rotatable bonds is 6. The van der Waals surface area contributed by atoms with Gasteiger partial charge in [-0.1, -0.05) is 119 Å². The van der Waals surface area contributed by atoms with Gasteiger partial charge in [0.15, 0.2) is 0 Å². The highest BCUT2D eigenvalue weighted by Gasteiger charge is 2.13. The van der Waals surface area contributed by atoms with Gasteiger partial charge in [0.25, 0.3) is 0 Å². The molecule has 0 heterocycles. The number of phenolic OH excluding ortho intramolecular Hbond substituents is 1. The van der Waals surface area contributed by atoms with E-state index in [-0.39, 0.29) is 26.3 Å². The van der Waals surface area contributed by atoms with Crippen molar-refractivity contribution in [2.45, 2.75) is 55.9 Å². The fraction of sp³-hybridized carbons (Fsp3) is 0.220. The molecule has 6 heteroatoms. The quantitative estimate of drug-likeness (QED) is 0.131. The van der Waals surface area contributed by atoms with E-state index in [2.05, 4.69) is 35.7 Å². The molecular formula is C41H44N4O2. The van der Waals surface area contributed by atoms with Gasteiger partial charge in [0.1, 0.15) is 11.5 Å². The Morgan fingerprint density at radius 3 is 1.23 bits per heavy atom. The van der Waals surface area contributed by atoms with E-state index in [4.69, 9.17) is 17.9 Å². The monoisotopic (exact) mass is 624 g/mol. The number of ether oxygens (including phenoxy) is 1. The molecule has 6 nitrogen and oxygen atoms in total. The third kappa shape index (κ3) is 12.1. The normalized spacial score (nSPS) is 10.3. The van der Waals surface area contributed by atoms with Crippen molar-refractivity contribution in [1.29, 1.82) is 10.5 Å². The number of phenols is 1. The van der Waals surface area contributed by atoms with Crippen molar-refractivity contribution >= 4 is 22.5 Å². The zero-order chi connectivity index (χ0) is 33.2. The Balaban J connectivity index is 0.000000802. The van der Waals surface area contributed by atoms with Crippen LogP contribution in [0.2, 0.25) is 0 Å². The highest BCUT2D eigenvalue weighted by Crippen LogP contribution is 2.30. The molecule has 4 aromatic carbocycles. The van der Waals surface area contributed by atoms with Gasteiger partial charge in [0, 0.05) is 0 Å². The Morgan fingerprint density at radius 1 is 0.617 bits per heavy atom. The number of hydrogen-bond donors (Lipinski definition) is 1. The van der Waals surface area contributed by atoms with E-state index < -0.39 is 0 Å². The molecule has 0 fully saturated rings. The van der Waals surface area contributed by atoms with Crippen LogP contribution in [0.4, 0.5) is 0 Å². The summed E-state index contributed by atoms with van der Waals surface area (Å²) in [6, 6.07) is 32.9. The standard InChI is InChI=1S/C19H16N2O.C17H12N2O.C3H8.2CH4/c1-4-22-17-11-9-16(10-12-17)19(21-3)18(13-20)15-7-5-14(2)6-8-15;1-12-3-5-13(6-4-12)16(11-18)17(19-2)14-7-9-15(20)10-8-14;1-3-2;;/h5-12H,4H2,1-2H3;3-10,20H,1H3;3H2,1-2H3;2*1H4/b19-18-;17-16-;;;. The smallest absolute Gasteiger partial charge is 0.212 e. The van der Waals surface area contributed by atoms with Gasteiger partial charge in [0.2, 0.25) is 11.4 Å². The van der Waals surface area contributed by atoms with Crippen molar-refractivity contribution < 1.29 is 9.84 Å². The van der Waals surface area contributed by atoms with E-state index in [1.807, 2.05) is 93.6 Å². The van der Waals surface area contributed by atoms with Crippen molar-refractivity contribution in [2.75, 3.05) is 6.61 Å². The van der Waals surface area contributed by atoms with Gasteiger partial charge in [-0.2, -0.15) is 10.5 Å². The number of aryl methyl sites for hydroxylation is 2. The lowest BCUT2D eigenvalue weighted by Gasteiger charge is -2.07. The molecule has 0 spiro atoms. The zero-order valence-corrected chi connectivity index (χ0v) is 26.3. The SMILES string of the molecule is C.C.CCC.[C-]#[N+]/C(=C(/C#N)c1ccc(C)cc1)c1ccc(O)cc1.[C-]#[N+]/C(=C(/C#N)c1ccc(C)cc1)c1ccc(OCC)cc1.